The number of phenols is 1. The molecule has 1 heterocycles. The van der Waals surface area contributed by atoms with Crippen LogP contribution >= 0.6 is 0 Å². The summed E-state index contributed by atoms with van der Waals surface area (Å²) in [6.45, 7) is 0. The zero-order chi connectivity index (χ0) is 12.3. The van der Waals surface area contributed by atoms with Crippen molar-refractivity contribution in [2.45, 2.75) is 0 Å². The van der Waals surface area contributed by atoms with Gasteiger partial charge in [0.1, 0.15) is 11.3 Å². The lowest BCUT2D eigenvalue weighted by Crippen LogP contribution is -2.31. The van der Waals surface area contributed by atoms with E-state index in [9.17, 15) is 14.7 Å². The molecule has 0 aliphatic rings. The highest BCUT2D eigenvalue weighted by Crippen LogP contribution is 2.15. The maximum Gasteiger partial charge on any atom is 0.380 e. The molecule has 86 valence electrons. The van der Waals surface area contributed by atoms with E-state index in [2.05, 4.69) is 4.98 Å². The van der Waals surface area contributed by atoms with Gasteiger partial charge in [-0.3, -0.25) is 0 Å². The number of phenolic OH excluding ortho intramolecular Hbond substituents is 1. The second-order valence-corrected chi connectivity index (χ2v) is 3.12. The van der Waals surface area contributed by atoms with Crippen molar-refractivity contribution in [3.8, 4) is 5.75 Å². The predicted octanol–water partition coefficient (Wildman–Crippen LogP) is 0.218. The number of aromatic nitrogens is 2. The minimum atomic E-state index is -0.835. The Morgan fingerprint density at radius 1 is 1.29 bits per heavy atom. The number of benzene rings is 1. The lowest BCUT2D eigenvalue weighted by Gasteiger charge is -2.05. The number of hydrogen-bond donors (Lipinski definition) is 1. The Kier molecular flexibility index (Phi) is 2.87. The van der Waals surface area contributed by atoms with Gasteiger partial charge in [0, 0.05) is 6.20 Å². The summed E-state index contributed by atoms with van der Waals surface area (Å²) in [6, 6.07) is 7.33. The van der Waals surface area contributed by atoms with Gasteiger partial charge in [-0.1, -0.05) is 12.1 Å². The molecule has 6 nitrogen and oxygen atoms in total. The van der Waals surface area contributed by atoms with Gasteiger partial charge in [-0.2, -0.15) is 4.98 Å². The van der Waals surface area contributed by atoms with Crippen molar-refractivity contribution in [3.05, 3.63) is 58.8 Å². The van der Waals surface area contributed by atoms with Crippen LogP contribution in [0.4, 0.5) is 0 Å². The summed E-state index contributed by atoms with van der Waals surface area (Å²) < 4.78 is 0.689. The molecule has 1 aromatic heterocycles. The normalized spacial score (nSPS) is 9.88. The minimum absolute atomic E-state index is 0.0248. The van der Waals surface area contributed by atoms with Crippen LogP contribution in [0.2, 0.25) is 0 Å². The third-order valence-electron chi connectivity index (χ3n) is 1.99. The number of para-hydroxylation sites is 1. The fraction of sp³-hybridized carbons (Fsp3) is 0. The largest absolute Gasteiger partial charge is 0.507 e. The lowest BCUT2D eigenvalue weighted by molar-refractivity contribution is 0.0432. The zero-order valence-electron chi connectivity index (χ0n) is 8.61. The first-order valence-corrected chi connectivity index (χ1v) is 4.73. The van der Waals surface area contributed by atoms with E-state index in [-0.39, 0.29) is 11.3 Å². The molecule has 0 unspecified atom stereocenters. The van der Waals surface area contributed by atoms with Crippen LogP contribution in [0.5, 0.6) is 5.75 Å². The molecule has 0 radical (unpaired) electrons. The summed E-state index contributed by atoms with van der Waals surface area (Å²) in [5.74, 6) is -1.05. The van der Waals surface area contributed by atoms with Crippen LogP contribution < -0.4 is 10.5 Å². The SMILES string of the molecule is O=C(On1cccnc1=O)c1ccccc1O. The number of carbonyl (C=O) groups is 1. The Morgan fingerprint density at radius 3 is 2.76 bits per heavy atom. The highest BCUT2D eigenvalue weighted by Gasteiger charge is 2.13. The van der Waals surface area contributed by atoms with E-state index in [1.54, 1.807) is 12.1 Å². The highest BCUT2D eigenvalue weighted by atomic mass is 16.7. The van der Waals surface area contributed by atoms with Gasteiger partial charge in [0.15, 0.2) is 0 Å². The first-order chi connectivity index (χ1) is 8.18. The van der Waals surface area contributed by atoms with Crippen molar-refractivity contribution >= 4 is 5.97 Å². The van der Waals surface area contributed by atoms with Crippen LogP contribution in [0.25, 0.3) is 0 Å². The molecule has 0 aliphatic heterocycles. The second-order valence-electron chi connectivity index (χ2n) is 3.12. The Bertz CT molecular complexity index is 606. The van der Waals surface area contributed by atoms with Gasteiger partial charge in [0.25, 0.3) is 0 Å². The van der Waals surface area contributed by atoms with Gasteiger partial charge >= 0.3 is 11.7 Å². The van der Waals surface area contributed by atoms with E-state index in [0.29, 0.717) is 4.73 Å². The van der Waals surface area contributed by atoms with Gasteiger partial charge in [0.05, 0.1) is 6.20 Å². The lowest BCUT2D eigenvalue weighted by atomic mass is 10.2. The summed E-state index contributed by atoms with van der Waals surface area (Å²) in [6.07, 6.45) is 2.54. The Hall–Kier alpha value is -2.63. The van der Waals surface area contributed by atoms with Gasteiger partial charge in [-0.15, -0.1) is 4.73 Å². The fourth-order valence-corrected chi connectivity index (χ4v) is 1.20. The molecule has 0 bridgehead atoms. The number of hydrogen-bond acceptors (Lipinski definition) is 5. The number of rotatable bonds is 2. The summed E-state index contributed by atoms with van der Waals surface area (Å²) in [4.78, 5) is 31.0. The molecule has 1 aromatic carbocycles. The first-order valence-electron chi connectivity index (χ1n) is 4.73. The van der Waals surface area contributed by atoms with E-state index >= 15 is 0 Å². The second kappa shape index (κ2) is 4.48. The maximum atomic E-state index is 11.6. The third kappa shape index (κ3) is 2.31. The van der Waals surface area contributed by atoms with Crippen molar-refractivity contribution in [2.75, 3.05) is 0 Å². The maximum absolute atomic E-state index is 11.6. The van der Waals surface area contributed by atoms with Crippen LogP contribution in [0.1, 0.15) is 10.4 Å². The van der Waals surface area contributed by atoms with Gasteiger partial charge in [-0.25, -0.2) is 9.59 Å². The van der Waals surface area contributed by atoms with Crippen molar-refractivity contribution in [3.63, 3.8) is 0 Å². The van der Waals surface area contributed by atoms with E-state index < -0.39 is 11.7 Å². The molecule has 1 N–H and O–H groups in total. The predicted molar refractivity (Wildman–Crippen MR) is 57.5 cm³/mol. The number of aromatic hydroxyl groups is 1. The summed E-state index contributed by atoms with van der Waals surface area (Å²) in [7, 11) is 0. The molecule has 0 saturated carbocycles. The minimum Gasteiger partial charge on any atom is -0.507 e. The Morgan fingerprint density at radius 2 is 2.06 bits per heavy atom. The highest BCUT2D eigenvalue weighted by molar-refractivity contribution is 5.92. The van der Waals surface area contributed by atoms with Gasteiger partial charge < -0.3 is 9.94 Å². The topological polar surface area (TPSA) is 81.4 Å². The van der Waals surface area contributed by atoms with E-state index in [4.69, 9.17) is 4.84 Å². The van der Waals surface area contributed by atoms with Crippen molar-refractivity contribution < 1.29 is 14.7 Å². The molecule has 2 aromatic rings. The molecule has 2 rings (SSSR count). The van der Waals surface area contributed by atoms with Crippen LogP contribution in [0.3, 0.4) is 0 Å². The number of carbonyl (C=O) groups excluding carboxylic acids is 1. The summed E-state index contributed by atoms with van der Waals surface area (Å²) in [5, 5.41) is 9.42. The van der Waals surface area contributed by atoms with Gasteiger partial charge in [0.2, 0.25) is 0 Å². The molecule has 0 amide bonds. The van der Waals surface area contributed by atoms with Crippen molar-refractivity contribution in [2.24, 2.45) is 0 Å². The van der Waals surface area contributed by atoms with Crippen LogP contribution in [0, 0.1) is 0 Å². The van der Waals surface area contributed by atoms with E-state index in [0.717, 1.165) is 0 Å². The van der Waals surface area contributed by atoms with E-state index in [1.807, 2.05) is 0 Å². The zero-order valence-corrected chi connectivity index (χ0v) is 8.61. The molecule has 0 saturated heterocycles. The molecular formula is C11H8N2O4. The summed E-state index contributed by atoms with van der Waals surface area (Å²) >= 11 is 0. The van der Waals surface area contributed by atoms with Gasteiger partial charge in [-0.05, 0) is 18.2 Å². The van der Waals surface area contributed by atoms with Crippen molar-refractivity contribution in [1.82, 2.24) is 9.71 Å². The van der Waals surface area contributed by atoms with Crippen molar-refractivity contribution in [1.29, 1.82) is 0 Å². The van der Waals surface area contributed by atoms with E-state index in [1.165, 1.54) is 30.6 Å². The molecule has 0 fully saturated rings. The van der Waals surface area contributed by atoms with Crippen LogP contribution in [-0.4, -0.2) is 20.8 Å². The average Bonchev–Trinajstić information content (AvgIpc) is 2.32. The standard InChI is InChI=1S/C11H8N2O4/c14-9-5-2-1-4-8(9)10(15)17-13-7-3-6-12-11(13)16/h1-7,14H. The number of nitrogens with zero attached hydrogens (tertiary/aromatic N) is 2. The first kappa shape index (κ1) is 10.9. The summed E-state index contributed by atoms with van der Waals surface area (Å²) in [5.41, 5.74) is -0.737. The van der Waals surface area contributed by atoms with Crippen LogP contribution in [-0.2, 0) is 0 Å². The smallest absolute Gasteiger partial charge is 0.380 e. The quantitative estimate of drug-likeness (QED) is 0.800. The molecule has 0 aliphatic carbocycles. The third-order valence-corrected chi connectivity index (χ3v) is 1.99. The monoisotopic (exact) mass is 232 g/mol. The molecule has 6 heteroatoms. The fourth-order valence-electron chi connectivity index (χ4n) is 1.20. The molecule has 0 atom stereocenters. The molecular weight excluding hydrogens is 224 g/mol. The average molecular weight is 232 g/mol. The Balaban J connectivity index is 2.27. The Labute approximate surface area is 95.7 Å². The molecule has 0 spiro atoms. The van der Waals surface area contributed by atoms with Crippen LogP contribution in [0.15, 0.2) is 47.5 Å². The molecule has 17 heavy (non-hydrogen) atoms.